The molecule has 2 rings (SSSR count). The molecule has 19 heavy (non-hydrogen) atoms. The van der Waals surface area contributed by atoms with E-state index in [-0.39, 0.29) is 11.7 Å². The number of terminal acetylenes is 1. The monoisotopic (exact) mass is 259 g/mol. The van der Waals surface area contributed by atoms with E-state index in [1.807, 2.05) is 6.07 Å². The van der Waals surface area contributed by atoms with Crippen molar-refractivity contribution < 1.29 is 14.6 Å². The van der Waals surface area contributed by atoms with Crippen LogP contribution in [0.4, 0.5) is 0 Å². The van der Waals surface area contributed by atoms with Crippen molar-refractivity contribution in [2.24, 2.45) is 0 Å². The highest BCUT2D eigenvalue weighted by Crippen LogP contribution is 2.31. The van der Waals surface area contributed by atoms with Crippen molar-refractivity contribution in [3.8, 4) is 18.1 Å². The van der Waals surface area contributed by atoms with Gasteiger partial charge in [-0.05, 0) is 36.1 Å². The van der Waals surface area contributed by atoms with Crippen LogP contribution < -0.4 is 5.32 Å². The number of fused-ring (bicyclic) bond motifs is 1. The Morgan fingerprint density at radius 1 is 1.58 bits per heavy atom. The van der Waals surface area contributed by atoms with Crippen molar-refractivity contribution in [2.45, 2.75) is 24.8 Å². The molecule has 0 spiro atoms. The van der Waals surface area contributed by atoms with E-state index in [2.05, 4.69) is 11.2 Å². The fourth-order valence-electron chi connectivity index (χ4n) is 2.59. The Morgan fingerprint density at radius 2 is 2.37 bits per heavy atom. The summed E-state index contributed by atoms with van der Waals surface area (Å²) in [6.45, 7) is 0.322. The smallest absolute Gasteiger partial charge is 0.326 e. The molecule has 100 valence electrons. The van der Waals surface area contributed by atoms with Crippen LogP contribution in [-0.2, 0) is 22.4 Å². The van der Waals surface area contributed by atoms with Gasteiger partial charge in [0.05, 0.1) is 13.7 Å². The summed E-state index contributed by atoms with van der Waals surface area (Å²) in [6, 6.07) is 5.23. The first-order chi connectivity index (χ1) is 9.11. The summed E-state index contributed by atoms with van der Waals surface area (Å²) in [5.41, 5.74) is 1.35. The first-order valence-electron chi connectivity index (χ1n) is 6.19. The predicted molar refractivity (Wildman–Crippen MR) is 71.7 cm³/mol. The standard InChI is InChI=1S/C15H17NO3/c1-3-8-16-15(14(18)19-2)7-6-11-9-13(17)5-4-12(11)10-15/h1,4-5,9,16-17H,6-8,10H2,2H3. The number of hydrogen-bond donors (Lipinski definition) is 2. The van der Waals surface area contributed by atoms with Crippen LogP contribution in [0.2, 0.25) is 0 Å². The Kier molecular flexibility index (Phi) is 3.77. The minimum Gasteiger partial charge on any atom is -0.508 e. The van der Waals surface area contributed by atoms with Crippen LogP contribution in [0.3, 0.4) is 0 Å². The zero-order valence-electron chi connectivity index (χ0n) is 10.9. The quantitative estimate of drug-likeness (QED) is 0.628. The van der Waals surface area contributed by atoms with E-state index in [0.717, 1.165) is 11.1 Å². The zero-order valence-corrected chi connectivity index (χ0v) is 10.9. The summed E-state index contributed by atoms with van der Waals surface area (Å²) >= 11 is 0. The Hall–Kier alpha value is -1.99. The number of methoxy groups -OCH3 is 1. The molecule has 0 fully saturated rings. The van der Waals surface area contributed by atoms with E-state index in [0.29, 0.717) is 25.8 Å². The normalized spacial score (nSPS) is 21.3. The maximum Gasteiger partial charge on any atom is 0.326 e. The van der Waals surface area contributed by atoms with Crippen molar-refractivity contribution in [1.82, 2.24) is 5.32 Å². The first-order valence-corrected chi connectivity index (χ1v) is 6.19. The lowest BCUT2D eigenvalue weighted by Gasteiger charge is -2.36. The van der Waals surface area contributed by atoms with Crippen LogP contribution in [-0.4, -0.2) is 30.3 Å². The van der Waals surface area contributed by atoms with Gasteiger partial charge < -0.3 is 9.84 Å². The third kappa shape index (κ3) is 2.56. The second-order valence-electron chi connectivity index (χ2n) is 4.76. The molecule has 0 amide bonds. The van der Waals surface area contributed by atoms with Crippen molar-refractivity contribution in [1.29, 1.82) is 0 Å². The summed E-state index contributed by atoms with van der Waals surface area (Å²) in [5, 5.41) is 12.6. The molecule has 4 heteroatoms. The zero-order chi connectivity index (χ0) is 13.9. The van der Waals surface area contributed by atoms with Gasteiger partial charge in [-0.3, -0.25) is 10.1 Å². The number of rotatable bonds is 3. The van der Waals surface area contributed by atoms with E-state index < -0.39 is 5.54 Å². The molecule has 1 unspecified atom stereocenters. The maximum absolute atomic E-state index is 12.1. The Labute approximate surface area is 112 Å². The van der Waals surface area contributed by atoms with Crippen molar-refractivity contribution in [2.75, 3.05) is 13.7 Å². The number of aromatic hydroxyl groups is 1. The number of phenols is 1. The fourth-order valence-corrected chi connectivity index (χ4v) is 2.59. The van der Waals surface area contributed by atoms with Gasteiger partial charge in [-0.15, -0.1) is 6.42 Å². The number of hydrogen-bond acceptors (Lipinski definition) is 4. The second-order valence-corrected chi connectivity index (χ2v) is 4.76. The first kappa shape index (κ1) is 13.4. The molecule has 0 aromatic heterocycles. The predicted octanol–water partition coefficient (Wildman–Crippen LogP) is 1.02. The molecule has 4 nitrogen and oxygen atoms in total. The third-order valence-electron chi connectivity index (χ3n) is 3.61. The topological polar surface area (TPSA) is 58.6 Å². The van der Waals surface area contributed by atoms with E-state index in [1.165, 1.54) is 7.11 Å². The van der Waals surface area contributed by atoms with Gasteiger partial charge in [0, 0.05) is 6.42 Å². The summed E-state index contributed by atoms with van der Waals surface area (Å²) in [6.07, 6.45) is 7.10. The van der Waals surface area contributed by atoms with E-state index in [9.17, 15) is 9.90 Å². The van der Waals surface area contributed by atoms with Crippen LogP contribution >= 0.6 is 0 Å². The molecule has 2 N–H and O–H groups in total. The molecule has 1 aromatic carbocycles. The maximum atomic E-state index is 12.1. The van der Waals surface area contributed by atoms with Gasteiger partial charge in [-0.25, -0.2) is 0 Å². The van der Waals surface area contributed by atoms with E-state index in [1.54, 1.807) is 12.1 Å². The number of nitrogens with one attached hydrogen (secondary N) is 1. The summed E-state index contributed by atoms with van der Waals surface area (Å²) in [4.78, 5) is 12.1. The molecule has 0 saturated heterocycles. The molecule has 0 heterocycles. The Morgan fingerprint density at radius 3 is 3.05 bits per heavy atom. The largest absolute Gasteiger partial charge is 0.508 e. The number of carbonyl (C=O) groups is 1. The van der Waals surface area contributed by atoms with Crippen molar-refractivity contribution in [3.05, 3.63) is 29.3 Å². The van der Waals surface area contributed by atoms with Crippen LogP contribution in [0.15, 0.2) is 18.2 Å². The van der Waals surface area contributed by atoms with E-state index in [4.69, 9.17) is 11.2 Å². The minimum atomic E-state index is -0.759. The second kappa shape index (κ2) is 5.33. The average molecular weight is 259 g/mol. The molecule has 0 aliphatic heterocycles. The van der Waals surface area contributed by atoms with Crippen LogP contribution in [0, 0.1) is 12.3 Å². The number of carbonyl (C=O) groups excluding carboxylic acids is 1. The number of aryl methyl sites for hydroxylation is 1. The SMILES string of the molecule is C#CCNC1(C(=O)OC)CCc2cc(O)ccc2C1. The Bertz CT molecular complexity index is 533. The summed E-state index contributed by atoms with van der Waals surface area (Å²) in [7, 11) is 1.38. The Balaban J connectivity index is 2.31. The fraction of sp³-hybridized carbons (Fsp3) is 0.400. The molecular weight excluding hydrogens is 242 g/mol. The summed E-state index contributed by atoms with van der Waals surface area (Å²) in [5.74, 6) is 2.45. The van der Waals surface area contributed by atoms with Gasteiger partial charge in [0.2, 0.25) is 0 Å². The van der Waals surface area contributed by atoms with E-state index >= 15 is 0 Å². The summed E-state index contributed by atoms with van der Waals surface area (Å²) < 4.78 is 4.91. The number of phenolic OH excluding ortho intramolecular Hbond substituents is 1. The number of benzene rings is 1. The molecule has 1 aliphatic carbocycles. The third-order valence-corrected chi connectivity index (χ3v) is 3.61. The lowest BCUT2D eigenvalue weighted by molar-refractivity contribution is -0.149. The minimum absolute atomic E-state index is 0.251. The van der Waals surface area contributed by atoms with Gasteiger partial charge in [-0.2, -0.15) is 0 Å². The molecule has 1 aromatic rings. The number of ether oxygens (including phenoxy) is 1. The molecule has 0 saturated carbocycles. The van der Waals surface area contributed by atoms with Crippen molar-refractivity contribution >= 4 is 5.97 Å². The molecule has 1 aliphatic rings. The molecule has 0 bridgehead atoms. The van der Waals surface area contributed by atoms with Crippen molar-refractivity contribution in [3.63, 3.8) is 0 Å². The molecular formula is C15H17NO3. The van der Waals surface area contributed by atoms with Gasteiger partial charge in [0.1, 0.15) is 11.3 Å². The highest BCUT2D eigenvalue weighted by Gasteiger charge is 2.41. The average Bonchev–Trinajstić information content (AvgIpc) is 2.44. The highest BCUT2D eigenvalue weighted by atomic mass is 16.5. The van der Waals surface area contributed by atoms with Gasteiger partial charge >= 0.3 is 5.97 Å². The van der Waals surface area contributed by atoms with Crippen LogP contribution in [0.5, 0.6) is 5.75 Å². The van der Waals surface area contributed by atoms with Crippen LogP contribution in [0.1, 0.15) is 17.5 Å². The lowest BCUT2D eigenvalue weighted by atomic mass is 9.77. The van der Waals surface area contributed by atoms with Gasteiger partial charge in [-0.1, -0.05) is 12.0 Å². The molecule has 1 atom stereocenters. The molecule has 0 radical (unpaired) electrons. The number of esters is 1. The highest BCUT2D eigenvalue weighted by molar-refractivity contribution is 5.82. The van der Waals surface area contributed by atoms with Gasteiger partial charge in [0.15, 0.2) is 0 Å². The lowest BCUT2D eigenvalue weighted by Crippen LogP contribution is -2.56. The van der Waals surface area contributed by atoms with Gasteiger partial charge in [0.25, 0.3) is 0 Å². The van der Waals surface area contributed by atoms with Crippen LogP contribution in [0.25, 0.3) is 0 Å².